The molecule has 0 saturated carbocycles. The smallest absolute Gasteiger partial charge is 0.130 e. The van der Waals surface area contributed by atoms with Gasteiger partial charge in [0.05, 0.1) is 19.8 Å². The van der Waals surface area contributed by atoms with Crippen molar-refractivity contribution in [2.45, 2.75) is 26.0 Å². The van der Waals surface area contributed by atoms with E-state index in [1.54, 1.807) is 55.9 Å². The summed E-state index contributed by atoms with van der Waals surface area (Å²) in [6, 6.07) is 20.6. The third-order valence-corrected chi connectivity index (χ3v) is 6.75. The Kier molecular flexibility index (Phi) is 8.34. The van der Waals surface area contributed by atoms with Crippen LogP contribution in [0.5, 0.6) is 17.2 Å². The molecule has 0 aliphatic carbocycles. The number of methoxy groups -OCH3 is 2. The molecular weight excluding hydrogens is 463 g/mol. The molecule has 0 fully saturated rings. The zero-order chi connectivity index (χ0) is 24.6. The number of nitrogens with one attached hydrogen (secondary N) is 1. The van der Waals surface area contributed by atoms with E-state index < -0.39 is 0 Å². The molecule has 0 radical (unpaired) electrons. The van der Waals surface area contributed by atoms with E-state index in [1.165, 1.54) is 16.5 Å². The number of thiazole rings is 1. The van der Waals surface area contributed by atoms with Gasteiger partial charge < -0.3 is 19.5 Å². The fraction of sp³-hybridized carbons (Fsp3) is 0.250. The Bertz CT molecular complexity index is 1220. The first-order chi connectivity index (χ1) is 17.1. The van der Waals surface area contributed by atoms with Crippen LogP contribution in [0.2, 0.25) is 0 Å². The fourth-order valence-corrected chi connectivity index (χ4v) is 4.80. The van der Waals surface area contributed by atoms with E-state index in [2.05, 4.69) is 41.5 Å². The Morgan fingerprint density at radius 1 is 0.971 bits per heavy atom. The van der Waals surface area contributed by atoms with Crippen molar-refractivity contribution in [1.29, 1.82) is 0 Å². The van der Waals surface area contributed by atoms with Crippen molar-refractivity contribution in [3.8, 4) is 17.2 Å². The standard InChI is InChI=1S/C28H29FN2O3S/c1-19-15-31-28(35-19)23(20-9-5-4-6-10-20)16-30-17-24-26(32-2)13-22(14-27(24)33-3)34-18-21-11-7-8-12-25(21)29/h4-15,23,30H,16-18H2,1-3H3. The van der Waals surface area contributed by atoms with Crippen LogP contribution in [-0.2, 0) is 13.2 Å². The van der Waals surface area contributed by atoms with Gasteiger partial charge in [0.2, 0.25) is 0 Å². The summed E-state index contributed by atoms with van der Waals surface area (Å²) in [6.07, 6.45) is 1.92. The van der Waals surface area contributed by atoms with Gasteiger partial charge in [-0.2, -0.15) is 0 Å². The third kappa shape index (κ3) is 6.18. The number of rotatable bonds is 11. The van der Waals surface area contributed by atoms with Crippen LogP contribution in [0.4, 0.5) is 4.39 Å². The summed E-state index contributed by atoms with van der Waals surface area (Å²) in [5.74, 6) is 1.67. The summed E-state index contributed by atoms with van der Waals surface area (Å²) in [5, 5.41) is 4.64. The lowest BCUT2D eigenvalue weighted by atomic mass is 9.99. The second-order valence-corrected chi connectivity index (χ2v) is 9.36. The predicted octanol–water partition coefficient (Wildman–Crippen LogP) is 6.11. The highest BCUT2D eigenvalue weighted by Gasteiger charge is 2.19. The maximum Gasteiger partial charge on any atom is 0.130 e. The van der Waals surface area contributed by atoms with E-state index in [9.17, 15) is 4.39 Å². The van der Waals surface area contributed by atoms with Crippen molar-refractivity contribution in [3.63, 3.8) is 0 Å². The minimum absolute atomic E-state index is 0.114. The van der Waals surface area contributed by atoms with Crippen molar-refractivity contribution < 1.29 is 18.6 Å². The van der Waals surface area contributed by atoms with Gasteiger partial charge in [0.15, 0.2) is 0 Å². The van der Waals surface area contributed by atoms with Crippen LogP contribution < -0.4 is 19.5 Å². The predicted molar refractivity (Wildman–Crippen MR) is 137 cm³/mol. The van der Waals surface area contributed by atoms with Crippen molar-refractivity contribution in [3.05, 3.63) is 105 Å². The van der Waals surface area contributed by atoms with E-state index >= 15 is 0 Å². The first-order valence-corrected chi connectivity index (χ1v) is 12.2. The zero-order valence-electron chi connectivity index (χ0n) is 20.1. The third-order valence-electron chi connectivity index (χ3n) is 5.72. The Morgan fingerprint density at radius 3 is 2.29 bits per heavy atom. The van der Waals surface area contributed by atoms with Gasteiger partial charge in [-0.15, -0.1) is 11.3 Å². The lowest BCUT2D eigenvalue weighted by Gasteiger charge is -2.19. The first kappa shape index (κ1) is 24.7. The molecule has 4 aromatic rings. The molecule has 0 amide bonds. The molecule has 7 heteroatoms. The molecule has 0 aliphatic rings. The number of halogens is 1. The molecule has 1 heterocycles. The maximum absolute atomic E-state index is 14.0. The minimum atomic E-state index is -0.296. The molecule has 1 atom stereocenters. The molecule has 1 N–H and O–H groups in total. The highest BCUT2D eigenvalue weighted by Crippen LogP contribution is 2.35. The van der Waals surface area contributed by atoms with Crippen LogP contribution in [0.1, 0.15) is 32.5 Å². The summed E-state index contributed by atoms with van der Waals surface area (Å²) in [6.45, 7) is 3.42. The van der Waals surface area contributed by atoms with Crippen LogP contribution in [0, 0.1) is 12.7 Å². The Morgan fingerprint density at radius 2 is 1.66 bits per heavy atom. The van der Waals surface area contributed by atoms with E-state index in [0.717, 1.165) is 10.6 Å². The number of nitrogens with zero attached hydrogens (tertiary/aromatic N) is 1. The van der Waals surface area contributed by atoms with Crippen molar-refractivity contribution in [2.75, 3.05) is 20.8 Å². The SMILES string of the molecule is COc1cc(OCc2ccccc2F)cc(OC)c1CNCC(c1ccccc1)c1ncc(C)s1. The molecule has 35 heavy (non-hydrogen) atoms. The molecule has 0 bridgehead atoms. The first-order valence-electron chi connectivity index (χ1n) is 11.4. The number of aryl methyl sites for hydroxylation is 1. The lowest BCUT2D eigenvalue weighted by molar-refractivity contribution is 0.293. The van der Waals surface area contributed by atoms with E-state index in [4.69, 9.17) is 14.2 Å². The number of aromatic nitrogens is 1. The van der Waals surface area contributed by atoms with Crippen LogP contribution in [-0.4, -0.2) is 25.7 Å². The molecule has 3 aromatic carbocycles. The summed E-state index contributed by atoms with van der Waals surface area (Å²) in [4.78, 5) is 5.82. The van der Waals surface area contributed by atoms with Gasteiger partial charge in [-0.1, -0.05) is 48.5 Å². The van der Waals surface area contributed by atoms with Gasteiger partial charge in [0.1, 0.15) is 34.7 Å². The van der Waals surface area contributed by atoms with Gasteiger partial charge in [0, 0.05) is 47.8 Å². The van der Waals surface area contributed by atoms with Gasteiger partial charge >= 0.3 is 0 Å². The molecule has 0 saturated heterocycles. The van der Waals surface area contributed by atoms with Crippen LogP contribution in [0.15, 0.2) is 72.9 Å². The van der Waals surface area contributed by atoms with Gasteiger partial charge in [-0.25, -0.2) is 9.37 Å². The van der Waals surface area contributed by atoms with Crippen molar-refractivity contribution >= 4 is 11.3 Å². The zero-order valence-corrected chi connectivity index (χ0v) is 20.9. The van der Waals surface area contributed by atoms with Gasteiger partial charge in [-0.3, -0.25) is 0 Å². The molecule has 4 rings (SSSR count). The summed E-state index contributed by atoms with van der Waals surface area (Å²) >= 11 is 1.72. The molecule has 1 aromatic heterocycles. The van der Waals surface area contributed by atoms with Gasteiger partial charge in [-0.05, 0) is 18.6 Å². The Balaban J connectivity index is 1.49. The number of hydrogen-bond acceptors (Lipinski definition) is 6. The highest BCUT2D eigenvalue weighted by atomic mass is 32.1. The van der Waals surface area contributed by atoms with E-state index in [-0.39, 0.29) is 18.3 Å². The fourth-order valence-electron chi connectivity index (χ4n) is 3.90. The Hall–Kier alpha value is -3.42. The molecule has 5 nitrogen and oxygen atoms in total. The van der Waals surface area contributed by atoms with E-state index in [1.807, 2.05) is 12.3 Å². The van der Waals surface area contributed by atoms with Crippen molar-refractivity contribution in [2.24, 2.45) is 0 Å². The summed E-state index contributed by atoms with van der Waals surface area (Å²) in [5.41, 5.74) is 2.58. The second kappa shape index (κ2) is 11.8. The van der Waals surface area contributed by atoms with Gasteiger partial charge in [0.25, 0.3) is 0 Å². The van der Waals surface area contributed by atoms with Crippen LogP contribution >= 0.6 is 11.3 Å². The quantitative estimate of drug-likeness (QED) is 0.274. The highest BCUT2D eigenvalue weighted by molar-refractivity contribution is 7.11. The lowest BCUT2D eigenvalue weighted by Crippen LogP contribution is -2.22. The number of hydrogen-bond donors (Lipinski definition) is 1. The average molecular weight is 493 g/mol. The second-order valence-electron chi connectivity index (χ2n) is 8.09. The summed E-state index contributed by atoms with van der Waals surface area (Å²) < 4.78 is 31.1. The molecular formula is C28H29FN2O3S. The maximum atomic E-state index is 14.0. The average Bonchev–Trinajstić information content (AvgIpc) is 3.32. The normalized spacial score (nSPS) is 11.8. The minimum Gasteiger partial charge on any atom is -0.496 e. The topological polar surface area (TPSA) is 52.6 Å². The monoisotopic (exact) mass is 492 g/mol. The Labute approximate surface area is 209 Å². The summed E-state index contributed by atoms with van der Waals surface area (Å²) in [7, 11) is 3.23. The number of ether oxygens (including phenoxy) is 3. The largest absolute Gasteiger partial charge is 0.496 e. The molecule has 0 aliphatic heterocycles. The number of benzene rings is 3. The molecule has 0 spiro atoms. The van der Waals surface area contributed by atoms with Crippen LogP contribution in [0.3, 0.4) is 0 Å². The van der Waals surface area contributed by atoms with Crippen LogP contribution in [0.25, 0.3) is 0 Å². The van der Waals surface area contributed by atoms with Crippen molar-refractivity contribution in [1.82, 2.24) is 10.3 Å². The van der Waals surface area contributed by atoms with E-state index in [0.29, 0.717) is 35.9 Å². The molecule has 1 unspecified atom stereocenters. The molecule has 182 valence electrons.